The van der Waals surface area contributed by atoms with Gasteiger partial charge in [-0.25, -0.2) is 0 Å². The maximum absolute atomic E-state index is 13.7. The fraction of sp³-hybridized carbons (Fsp3) is 0.931. The van der Waals surface area contributed by atoms with Crippen molar-refractivity contribution in [2.75, 3.05) is 0 Å². The smallest absolute Gasteiger partial charge is 0.136 e. The number of rotatable bonds is 5. The molecule has 1 aliphatic heterocycles. The molecule has 4 nitrogen and oxygen atoms in total. The number of hydrogen-bond acceptors (Lipinski definition) is 4. The van der Waals surface area contributed by atoms with Gasteiger partial charge in [0.1, 0.15) is 11.6 Å². The summed E-state index contributed by atoms with van der Waals surface area (Å²) in [6.45, 7) is 16.5. The van der Waals surface area contributed by atoms with Gasteiger partial charge in [0.15, 0.2) is 0 Å². The lowest BCUT2D eigenvalue weighted by Crippen LogP contribution is -2.57. The molecule has 3 saturated carbocycles. The van der Waals surface area contributed by atoms with Gasteiger partial charge in [-0.05, 0) is 100 Å². The van der Waals surface area contributed by atoms with E-state index in [2.05, 4.69) is 20.8 Å². The van der Waals surface area contributed by atoms with E-state index in [0.717, 1.165) is 32.1 Å². The van der Waals surface area contributed by atoms with Crippen LogP contribution in [0.4, 0.5) is 0 Å². The molecule has 1 heterocycles. The lowest BCUT2D eigenvalue weighted by atomic mass is 9.43. The number of fused-ring (bicyclic) bond motifs is 3. The van der Waals surface area contributed by atoms with E-state index < -0.39 is 5.60 Å². The molecule has 0 aromatic rings. The Bertz CT molecular complexity index is 724. The summed E-state index contributed by atoms with van der Waals surface area (Å²) in [7, 11) is 0. The van der Waals surface area contributed by atoms with E-state index in [9.17, 15) is 14.7 Å². The monoisotopic (exact) mass is 462 g/mol. The van der Waals surface area contributed by atoms with E-state index >= 15 is 0 Å². The zero-order chi connectivity index (χ0) is 24.8. The van der Waals surface area contributed by atoms with Crippen molar-refractivity contribution in [1.29, 1.82) is 0 Å². The van der Waals surface area contributed by atoms with Crippen molar-refractivity contribution in [1.82, 2.24) is 0 Å². The molecule has 1 N–H and O–H groups in total. The van der Waals surface area contributed by atoms with Crippen molar-refractivity contribution in [3.8, 4) is 0 Å². The van der Waals surface area contributed by atoms with Crippen molar-refractivity contribution in [3.63, 3.8) is 0 Å². The van der Waals surface area contributed by atoms with Crippen LogP contribution in [-0.4, -0.2) is 34.5 Å². The Balaban J connectivity index is 0.00000149. The highest BCUT2D eigenvalue weighted by atomic mass is 16.5. The number of carbonyl (C=O) groups is 2. The molecule has 9 unspecified atom stereocenters. The van der Waals surface area contributed by atoms with Crippen LogP contribution in [0.2, 0.25) is 0 Å². The summed E-state index contributed by atoms with van der Waals surface area (Å²) in [5.41, 5.74) is -0.578. The molecule has 33 heavy (non-hydrogen) atoms. The summed E-state index contributed by atoms with van der Waals surface area (Å²) in [4.78, 5) is 25.5. The lowest BCUT2D eigenvalue weighted by Gasteiger charge is -2.61. The molecular formula is C29H50O4. The first-order valence-corrected chi connectivity index (χ1v) is 13.8. The molecule has 0 aromatic heterocycles. The van der Waals surface area contributed by atoms with E-state index in [1.54, 1.807) is 6.92 Å². The van der Waals surface area contributed by atoms with Crippen LogP contribution in [0.15, 0.2) is 0 Å². The molecular weight excluding hydrogens is 412 g/mol. The summed E-state index contributed by atoms with van der Waals surface area (Å²) >= 11 is 0. The topological polar surface area (TPSA) is 63.6 Å². The molecule has 9 atom stereocenters. The van der Waals surface area contributed by atoms with Gasteiger partial charge in [-0.2, -0.15) is 0 Å². The highest BCUT2D eigenvalue weighted by molar-refractivity contribution is 5.84. The van der Waals surface area contributed by atoms with Crippen LogP contribution in [-0.2, 0) is 14.3 Å². The zero-order valence-electron chi connectivity index (χ0n) is 22.6. The molecule has 4 rings (SSSR count). The second-order valence-electron chi connectivity index (χ2n) is 12.6. The zero-order valence-corrected chi connectivity index (χ0v) is 22.6. The van der Waals surface area contributed by atoms with Crippen LogP contribution < -0.4 is 0 Å². The summed E-state index contributed by atoms with van der Waals surface area (Å²) in [5, 5.41) is 10.4. The number of hydrogen-bond donors (Lipinski definition) is 1. The molecule has 3 aliphatic carbocycles. The predicted octanol–water partition coefficient (Wildman–Crippen LogP) is 6.37. The van der Waals surface area contributed by atoms with Gasteiger partial charge in [0.05, 0.1) is 17.8 Å². The molecule has 4 aliphatic rings. The Hall–Kier alpha value is -0.740. The minimum absolute atomic E-state index is 0.0628. The van der Waals surface area contributed by atoms with E-state index in [1.807, 2.05) is 27.7 Å². The molecule has 0 amide bonds. The third-order valence-corrected chi connectivity index (χ3v) is 10.5. The Labute approximate surface area is 202 Å². The van der Waals surface area contributed by atoms with E-state index in [0.29, 0.717) is 42.3 Å². The summed E-state index contributed by atoms with van der Waals surface area (Å²) < 4.78 is 6.36. The average Bonchev–Trinajstić information content (AvgIpc) is 3.41. The minimum atomic E-state index is -0.821. The third kappa shape index (κ3) is 4.73. The van der Waals surface area contributed by atoms with Crippen LogP contribution in [0.3, 0.4) is 0 Å². The normalized spacial score (nSPS) is 45.1. The number of Topliss-reactive ketones (excluding diaryl/α,β-unsaturated/α-hetero) is 2. The summed E-state index contributed by atoms with van der Waals surface area (Å²) in [5.74, 6) is 2.52. The molecule has 0 spiro atoms. The van der Waals surface area contributed by atoms with Crippen molar-refractivity contribution < 1.29 is 19.4 Å². The first kappa shape index (κ1) is 26.9. The molecule has 0 bridgehead atoms. The summed E-state index contributed by atoms with van der Waals surface area (Å²) in [6, 6.07) is 0. The van der Waals surface area contributed by atoms with Crippen LogP contribution in [0.1, 0.15) is 113 Å². The van der Waals surface area contributed by atoms with Gasteiger partial charge in [-0.15, -0.1) is 0 Å². The molecule has 4 fully saturated rings. The van der Waals surface area contributed by atoms with Crippen molar-refractivity contribution in [3.05, 3.63) is 0 Å². The maximum Gasteiger partial charge on any atom is 0.136 e. The van der Waals surface area contributed by atoms with Gasteiger partial charge in [0, 0.05) is 18.8 Å². The van der Waals surface area contributed by atoms with Crippen molar-refractivity contribution >= 4 is 11.6 Å². The SMILES string of the molecule is CC.CC(=O)CCC1(C)C(C)CCC2(C)C3CCC(C4CCC(C(C)(C)O)O4)C3C(=O)CC12. The quantitative estimate of drug-likeness (QED) is 0.515. The van der Waals surface area contributed by atoms with Gasteiger partial charge < -0.3 is 14.6 Å². The van der Waals surface area contributed by atoms with Gasteiger partial charge in [-0.1, -0.05) is 34.6 Å². The Morgan fingerprint density at radius 2 is 1.79 bits per heavy atom. The Kier molecular flexibility index (Phi) is 7.91. The Morgan fingerprint density at radius 3 is 2.36 bits per heavy atom. The fourth-order valence-electron chi connectivity index (χ4n) is 8.39. The first-order chi connectivity index (χ1) is 15.4. The highest BCUT2D eigenvalue weighted by Crippen LogP contribution is 2.67. The number of ether oxygens (including phenoxy) is 1. The standard InChI is InChI=1S/C27H44O4.C2H6/c1-16-11-13-27(6)19-8-7-18(21-9-10-23(31-21)25(3,4)30)24(19)20(29)15-22(27)26(16,5)14-12-17(2)28;1-2/h16,18-19,21-24,30H,7-15H2,1-6H3;1-2H3. The first-order valence-electron chi connectivity index (χ1n) is 13.8. The number of ketones is 2. The van der Waals surface area contributed by atoms with Gasteiger partial charge in [-0.3, -0.25) is 4.79 Å². The van der Waals surface area contributed by atoms with Crippen LogP contribution in [0.25, 0.3) is 0 Å². The van der Waals surface area contributed by atoms with Crippen LogP contribution in [0, 0.1) is 40.4 Å². The number of carbonyl (C=O) groups excluding carboxylic acids is 2. The van der Waals surface area contributed by atoms with Crippen molar-refractivity contribution in [2.45, 2.75) is 131 Å². The van der Waals surface area contributed by atoms with Crippen molar-refractivity contribution in [2.24, 2.45) is 40.4 Å². The van der Waals surface area contributed by atoms with Gasteiger partial charge in [0.2, 0.25) is 0 Å². The van der Waals surface area contributed by atoms with Gasteiger partial charge in [0.25, 0.3) is 0 Å². The lowest BCUT2D eigenvalue weighted by molar-refractivity contribution is -0.162. The molecule has 1 saturated heterocycles. The maximum atomic E-state index is 13.7. The minimum Gasteiger partial charge on any atom is -0.388 e. The molecule has 0 radical (unpaired) electrons. The van der Waals surface area contributed by atoms with E-state index in [-0.39, 0.29) is 34.7 Å². The second-order valence-corrected chi connectivity index (χ2v) is 12.6. The third-order valence-electron chi connectivity index (χ3n) is 10.5. The number of aliphatic hydroxyl groups is 1. The van der Waals surface area contributed by atoms with E-state index in [1.165, 1.54) is 12.8 Å². The molecule has 190 valence electrons. The molecule has 0 aromatic carbocycles. The van der Waals surface area contributed by atoms with Gasteiger partial charge >= 0.3 is 0 Å². The van der Waals surface area contributed by atoms with Crippen LogP contribution in [0.5, 0.6) is 0 Å². The average molecular weight is 463 g/mol. The molecule has 4 heteroatoms. The largest absolute Gasteiger partial charge is 0.388 e. The fourth-order valence-corrected chi connectivity index (χ4v) is 8.39. The summed E-state index contributed by atoms with van der Waals surface area (Å²) in [6.07, 6.45) is 8.66. The highest BCUT2D eigenvalue weighted by Gasteiger charge is 2.63. The van der Waals surface area contributed by atoms with E-state index in [4.69, 9.17) is 4.74 Å². The second kappa shape index (κ2) is 9.72. The van der Waals surface area contributed by atoms with Crippen LogP contribution >= 0.6 is 0 Å². The predicted molar refractivity (Wildman–Crippen MR) is 133 cm³/mol. The Morgan fingerprint density at radius 1 is 1.12 bits per heavy atom.